The molecule has 0 heterocycles. The molecule has 3 rings (SSSR count). The zero-order chi connectivity index (χ0) is 25.4. The Morgan fingerprint density at radius 3 is 2.17 bits per heavy atom. The molecular weight excluding hydrogens is 452 g/mol. The number of nitro groups is 1. The van der Waals surface area contributed by atoms with Crippen LogP contribution in [0.4, 0.5) is 11.4 Å². The highest BCUT2D eigenvalue weighted by Crippen LogP contribution is 2.38. The number of carbonyl (C=O) groups excluding carboxylic acids is 1. The van der Waals surface area contributed by atoms with Gasteiger partial charge in [0.2, 0.25) is 11.7 Å². The molecule has 9 nitrogen and oxygen atoms in total. The number of ether oxygens (including phenoxy) is 3. The van der Waals surface area contributed by atoms with Crippen LogP contribution in [0.15, 0.2) is 60.7 Å². The van der Waals surface area contributed by atoms with Crippen LogP contribution in [0.2, 0.25) is 0 Å². The van der Waals surface area contributed by atoms with Gasteiger partial charge in [-0.25, -0.2) is 0 Å². The first kappa shape index (κ1) is 24.8. The van der Waals surface area contributed by atoms with Crippen LogP contribution in [0.3, 0.4) is 0 Å². The predicted octanol–water partition coefficient (Wildman–Crippen LogP) is 5.15. The van der Waals surface area contributed by atoms with E-state index in [4.69, 9.17) is 14.2 Å². The lowest BCUT2D eigenvalue weighted by molar-refractivity contribution is -0.385. The van der Waals surface area contributed by atoms with E-state index in [0.717, 1.165) is 5.56 Å². The molecule has 0 spiro atoms. The van der Waals surface area contributed by atoms with Crippen molar-refractivity contribution < 1.29 is 29.0 Å². The van der Waals surface area contributed by atoms with Crippen LogP contribution in [0.1, 0.15) is 16.7 Å². The van der Waals surface area contributed by atoms with E-state index in [-0.39, 0.29) is 17.1 Å². The number of benzene rings is 3. The van der Waals surface area contributed by atoms with Crippen LogP contribution in [0.5, 0.6) is 23.0 Å². The van der Waals surface area contributed by atoms with Crippen molar-refractivity contribution in [2.75, 3.05) is 26.6 Å². The van der Waals surface area contributed by atoms with E-state index in [0.29, 0.717) is 28.4 Å². The number of methoxy groups -OCH3 is 3. The lowest BCUT2D eigenvalue weighted by Gasteiger charge is -2.12. The first-order valence-corrected chi connectivity index (χ1v) is 10.4. The second-order valence-electron chi connectivity index (χ2n) is 7.21. The number of phenols is 1. The third-order valence-corrected chi connectivity index (χ3v) is 4.98. The summed E-state index contributed by atoms with van der Waals surface area (Å²) >= 11 is 0. The average Bonchev–Trinajstić information content (AvgIpc) is 2.86. The van der Waals surface area contributed by atoms with E-state index in [1.54, 1.807) is 42.5 Å². The molecule has 0 bridgehead atoms. The molecule has 0 unspecified atom stereocenters. The van der Waals surface area contributed by atoms with Gasteiger partial charge in [0.15, 0.2) is 11.5 Å². The van der Waals surface area contributed by atoms with Gasteiger partial charge in [-0.2, -0.15) is 0 Å². The quantitative estimate of drug-likeness (QED) is 0.144. The predicted molar refractivity (Wildman–Crippen MR) is 134 cm³/mol. The average molecular weight is 476 g/mol. The number of amides is 1. The van der Waals surface area contributed by atoms with Gasteiger partial charge >= 0.3 is 0 Å². The molecule has 1 amide bonds. The maximum Gasteiger partial charge on any atom is 0.276 e. The highest BCUT2D eigenvalue weighted by Gasteiger charge is 2.13. The molecule has 180 valence electrons. The Bertz CT molecular complexity index is 1270. The monoisotopic (exact) mass is 476 g/mol. The number of carbonyl (C=O) groups is 1. The van der Waals surface area contributed by atoms with Crippen LogP contribution in [0.25, 0.3) is 18.2 Å². The van der Waals surface area contributed by atoms with Gasteiger partial charge in [-0.05, 0) is 47.5 Å². The molecule has 2 N–H and O–H groups in total. The van der Waals surface area contributed by atoms with Crippen LogP contribution in [-0.4, -0.2) is 37.3 Å². The number of nitrogens with one attached hydrogen (secondary N) is 1. The van der Waals surface area contributed by atoms with Crippen molar-refractivity contribution in [2.24, 2.45) is 0 Å². The number of nitro benzene ring substituents is 1. The number of hydrogen-bond acceptors (Lipinski definition) is 7. The minimum atomic E-state index is -0.542. The SMILES string of the molecule is COc1cc(C=Cc2ccc(NC(=O)/C=C/c3ccccc3[N+](=O)[O-])c(O)c2)cc(OC)c1OC. The van der Waals surface area contributed by atoms with Gasteiger partial charge in [0.1, 0.15) is 5.75 Å². The molecule has 0 aromatic heterocycles. The molecule has 0 atom stereocenters. The number of anilines is 1. The van der Waals surface area contributed by atoms with Crippen molar-refractivity contribution in [1.82, 2.24) is 0 Å². The highest BCUT2D eigenvalue weighted by atomic mass is 16.6. The lowest BCUT2D eigenvalue weighted by atomic mass is 10.1. The van der Waals surface area contributed by atoms with Crippen LogP contribution >= 0.6 is 0 Å². The Labute approximate surface area is 202 Å². The first-order valence-electron chi connectivity index (χ1n) is 10.4. The van der Waals surface area contributed by atoms with E-state index in [1.807, 2.05) is 6.08 Å². The number of aromatic hydroxyl groups is 1. The number of nitrogens with zero attached hydrogens (tertiary/aromatic N) is 1. The third kappa shape index (κ3) is 6.17. The molecule has 3 aromatic rings. The summed E-state index contributed by atoms with van der Waals surface area (Å²) in [5, 5.41) is 24.0. The summed E-state index contributed by atoms with van der Waals surface area (Å²) in [5.41, 5.74) is 1.86. The van der Waals surface area contributed by atoms with Crippen LogP contribution in [0, 0.1) is 10.1 Å². The van der Waals surface area contributed by atoms with Crippen molar-refractivity contribution in [3.05, 3.63) is 87.5 Å². The largest absolute Gasteiger partial charge is 0.506 e. The molecule has 35 heavy (non-hydrogen) atoms. The van der Waals surface area contributed by atoms with Crippen molar-refractivity contribution in [3.63, 3.8) is 0 Å². The van der Waals surface area contributed by atoms with Crippen molar-refractivity contribution >= 4 is 35.5 Å². The number of rotatable bonds is 9. The molecule has 0 aliphatic carbocycles. The molecule has 0 saturated heterocycles. The lowest BCUT2D eigenvalue weighted by Crippen LogP contribution is -2.08. The number of phenolic OH excluding ortho intramolecular Hbond substituents is 1. The van der Waals surface area contributed by atoms with Gasteiger partial charge in [0, 0.05) is 12.1 Å². The zero-order valence-corrected chi connectivity index (χ0v) is 19.3. The Kier molecular flexibility index (Phi) is 8.07. The van der Waals surface area contributed by atoms with E-state index >= 15 is 0 Å². The minimum Gasteiger partial charge on any atom is -0.506 e. The summed E-state index contributed by atoms with van der Waals surface area (Å²) in [5.74, 6) is 0.840. The number of hydrogen-bond donors (Lipinski definition) is 2. The Balaban J connectivity index is 1.73. The maximum absolute atomic E-state index is 12.3. The third-order valence-electron chi connectivity index (χ3n) is 4.98. The maximum atomic E-state index is 12.3. The van der Waals surface area contributed by atoms with Gasteiger partial charge < -0.3 is 24.6 Å². The van der Waals surface area contributed by atoms with Crippen molar-refractivity contribution in [2.45, 2.75) is 0 Å². The van der Waals surface area contributed by atoms with E-state index in [1.165, 1.54) is 51.7 Å². The van der Waals surface area contributed by atoms with Crippen molar-refractivity contribution in [3.8, 4) is 23.0 Å². The summed E-state index contributed by atoms with van der Waals surface area (Å²) in [4.78, 5) is 22.8. The van der Waals surface area contributed by atoms with E-state index < -0.39 is 10.8 Å². The Morgan fingerprint density at radius 1 is 0.914 bits per heavy atom. The molecule has 0 radical (unpaired) electrons. The fraction of sp³-hybridized carbons (Fsp3) is 0.115. The van der Waals surface area contributed by atoms with E-state index in [9.17, 15) is 20.0 Å². The molecule has 0 saturated carbocycles. The van der Waals surface area contributed by atoms with Gasteiger partial charge in [0.05, 0.1) is 37.5 Å². The number of para-hydroxylation sites is 1. The molecule has 0 fully saturated rings. The van der Waals surface area contributed by atoms with Gasteiger partial charge in [-0.3, -0.25) is 14.9 Å². The Morgan fingerprint density at radius 2 is 1.57 bits per heavy atom. The summed E-state index contributed by atoms with van der Waals surface area (Å²) < 4.78 is 16.0. The summed E-state index contributed by atoms with van der Waals surface area (Å²) in [6.45, 7) is 0. The molecule has 0 aliphatic heterocycles. The molecular formula is C26H24N2O7. The smallest absolute Gasteiger partial charge is 0.276 e. The van der Waals surface area contributed by atoms with Gasteiger partial charge in [-0.1, -0.05) is 30.4 Å². The molecule has 3 aromatic carbocycles. The topological polar surface area (TPSA) is 120 Å². The Hall–Kier alpha value is -4.79. The fourth-order valence-corrected chi connectivity index (χ4v) is 3.28. The van der Waals surface area contributed by atoms with Gasteiger partial charge in [0.25, 0.3) is 5.69 Å². The summed E-state index contributed by atoms with van der Waals surface area (Å²) in [6, 6.07) is 14.4. The molecule has 0 aliphatic rings. The van der Waals surface area contributed by atoms with Gasteiger partial charge in [-0.15, -0.1) is 0 Å². The second-order valence-corrected chi connectivity index (χ2v) is 7.21. The van der Waals surface area contributed by atoms with Crippen LogP contribution in [-0.2, 0) is 4.79 Å². The standard InChI is InChI=1S/C26H24N2O7/c1-33-23-15-18(16-24(34-2)26(23)35-3)9-8-17-10-12-20(22(29)14-17)27-25(30)13-11-19-6-4-5-7-21(19)28(31)32/h4-16,29H,1-3H3,(H,27,30)/b9-8?,13-11+. The van der Waals surface area contributed by atoms with Crippen molar-refractivity contribution in [1.29, 1.82) is 0 Å². The zero-order valence-electron chi connectivity index (χ0n) is 19.3. The minimum absolute atomic E-state index is 0.109. The van der Waals surface area contributed by atoms with Crippen LogP contribution < -0.4 is 19.5 Å². The van der Waals surface area contributed by atoms with E-state index in [2.05, 4.69) is 5.32 Å². The first-order chi connectivity index (χ1) is 16.9. The normalized spacial score (nSPS) is 10.9. The summed E-state index contributed by atoms with van der Waals surface area (Å²) in [6.07, 6.45) is 6.10. The second kappa shape index (κ2) is 11.4. The summed E-state index contributed by atoms with van der Waals surface area (Å²) in [7, 11) is 4.60. The fourth-order valence-electron chi connectivity index (χ4n) is 3.28. The highest BCUT2D eigenvalue weighted by molar-refractivity contribution is 6.03. The molecule has 9 heteroatoms.